The van der Waals surface area contributed by atoms with Gasteiger partial charge in [-0.2, -0.15) is 0 Å². The van der Waals surface area contributed by atoms with Crippen molar-refractivity contribution in [3.05, 3.63) is 13.2 Å². The van der Waals surface area contributed by atoms with Gasteiger partial charge in [0.05, 0.1) is 0 Å². The number of hydrogen-bond donors (Lipinski definition) is 0. The van der Waals surface area contributed by atoms with E-state index in [2.05, 4.69) is 13.2 Å². The van der Waals surface area contributed by atoms with E-state index in [-0.39, 0.29) is 61.9 Å². The molecule has 78 valence electrons. The molecule has 11 heavy (non-hydrogen) atoms. The van der Waals surface area contributed by atoms with Crippen LogP contribution in [0.3, 0.4) is 0 Å². The third-order valence-electron chi connectivity index (χ3n) is 0. The Morgan fingerprint density at radius 1 is 0.636 bits per heavy atom. The molecule has 0 saturated carbocycles. The molecular weight excluding hydrogens is 262 g/mol. The molecule has 0 bridgehead atoms. The molecule has 0 aromatic rings. The van der Waals surface area contributed by atoms with Crippen molar-refractivity contribution in [1.29, 1.82) is 0 Å². The summed E-state index contributed by atoms with van der Waals surface area (Å²) >= 11 is 0.300. The monoisotopic (exact) mass is 286 g/mol. The Bertz CT molecular complexity index is 18.4. The van der Waals surface area contributed by atoms with Crippen LogP contribution in [0.1, 0.15) is 37.1 Å². The number of rotatable bonds is 0. The fourth-order valence-electron chi connectivity index (χ4n) is 0. The van der Waals surface area contributed by atoms with Gasteiger partial charge in [0.2, 0.25) is 0 Å². The number of halogens is 2. The van der Waals surface area contributed by atoms with Crippen LogP contribution in [0, 0.1) is 0 Å². The van der Waals surface area contributed by atoms with Crippen molar-refractivity contribution in [3.63, 3.8) is 0 Å². The van der Waals surface area contributed by atoms with Crippen molar-refractivity contribution in [2.24, 2.45) is 0 Å². The molecule has 0 radical (unpaired) electrons. The Balaban J connectivity index is -0.000000000635. The minimum atomic E-state index is 0. The zero-order valence-corrected chi connectivity index (χ0v) is 7.23. The zero-order valence-electron chi connectivity index (χ0n) is 3.14. The first-order chi connectivity index (χ1) is 2.00. The van der Waals surface area contributed by atoms with Crippen LogP contribution in [0.25, 0.3) is 0 Å². The van der Waals surface area contributed by atoms with Gasteiger partial charge in [-0.15, -0.1) is 38.0 Å². The van der Waals surface area contributed by atoms with Gasteiger partial charge in [-0.05, 0) is 0 Å². The summed E-state index contributed by atoms with van der Waals surface area (Å²) < 4.78 is 8.34. The van der Waals surface area contributed by atoms with E-state index >= 15 is 0 Å². The molecule has 0 aromatic heterocycles. The van der Waals surface area contributed by atoms with Crippen LogP contribution >= 0.6 is 24.8 Å². The van der Waals surface area contributed by atoms with Crippen LogP contribution in [-0.4, -0.2) is 0 Å². The van der Waals surface area contributed by atoms with Crippen LogP contribution in [0.2, 0.25) is 0 Å². The summed E-state index contributed by atoms with van der Waals surface area (Å²) in [6.45, 7) is 6.00. The molecule has 0 spiro atoms. The maximum absolute atomic E-state index is 8.34. The van der Waals surface area contributed by atoms with Crippen LogP contribution in [0.5, 0.6) is 0 Å². The van der Waals surface area contributed by atoms with Gasteiger partial charge in [0.25, 0.3) is 0 Å². The van der Waals surface area contributed by atoms with Crippen molar-refractivity contribution in [2.45, 2.75) is 37.1 Å². The third-order valence-corrected chi connectivity index (χ3v) is 0. The van der Waals surface area contributed by atoms with Crippen molar-refractivity contribution in [3.8, 4) is 0 Å². The molecule has 0 saturated heterocycles. The Morgan fingerprint density at radius 3 is 0.636 bits per heavy atom. The summed E-state index contributed by atoms with van der Waals surface area (Å²) in [5.41, 5.74) is 0. The van der Waals surface area contributed by atoms with Gasteiger partial charge >= 0.3 is 27.5 Å². The SMILES string of the molecule is C.C.C.C.C.C=C.Cl.Cl.[O]=[Zr]. The first kappa shape index (κ1) is 161. The third kappa shape index (κ3) is 886. The molecule has 0 aliphatic rings. The Hall–Kier alpha value is 1.00. The zero-order chi connectivity index (χ0) is 4.00. The number of hydrogen-bond acceptors (Lipinski definition) is 1. The van der Waals surface area contributed by atoms with E-state index in [1.54, 1.807) is 0 Å². The van der Waals surface area contributed by atoms with Crippen LogP contribution in [0.15, 0.2) is 13.2 Å². The van der Waals surface area contributed by atoms with Crippen LogP contribution < -0.4 is 0 Å². The van der Waals surface area contributed by atoms with Gasteiger partial charge < -0.3 is 0 Å². The van der Waals surface area contributed by atoms with E-state index in [1.807, 2.05) is 0 Å². The van der Waals surface area contributed by atoms with Crippen LogP contribution in [-0.2, 0) is 27.5 Å². The fraction of sp³-hybridized carbons (Fsp3) is 0.714. The van der Waals surface area contributed by atoms with Gasteiger partial charge in [0.1, 0.15) is 0 Å². The molecule has 1 nitrogen and oxygen atoms in total. The Labute approximate surface area is 102 Å². The molecule has 0 atom stereocenters. The summed E-state index contributed by atoms with van der Waals surface area (Å²) in [7, 11) is 0. The summed E-state index contributed by atoms with van der Waals surface area (Å²) in [4.78, 5) is 0. The van der Waals surface area contributed by atoms with Gasteiger partial charge in [-0.25, -0.2) is 0 Å². The van der Waals surface area contributed by atoms with Crippen LogP contribution in [0.4, 0.5) is 0 Å². The predicted molar refractivity (Wildman–Crippen MR) is 60.1 cm³/mol. The summed E-state index contributed by atoms with van der Waals surface area (Å²) in [6.07, 6.45) is 0. The molecule has 0 N–H and O–H groups in total. The van der Waals surface area contributed by atoms with E-state index in [9.17, 15) is 0 Å². The Morgan fingerprint density at radius 2 is 0.636 bits per heavy atom. The molecule has 0 heterocycles. The van der Waals surface area contributed by atoms with E-state index in [0.29, 0.717) is 24.7 Å². The molecule has 0 aliphatic carbocycles. The van der Waals surface area contributed by atoms with Crippen molar-refractivity contribution in [2.75, 3.05) is 0 Å². The second-order valence-electron chi connectivity index (χ2n) is 0. The van der Waals surface area contributed by atoms with Crippen molar-refractivity contribution < 1.29 is 27.5 Å². The molecule has 0 rings (SSSR count). The van der Waals surface area contributed by atoms with Gasteiger partial charge in [-0.3, -0.25) is 0 Å². The normalized spacial score (nSPS) is 0.636. The fourth-order valence-corrected chi connectivity index (χ4v) is 0. The second kappa shape index (κ2) is 1090. The molecule has 0 aromatic carbocycles. The maximum atomic E-state index is 8.34. The van der Waals surface area contributed by atoms with E-state index < -0.39 is 0 Å². The van der Waals surface area contributed by atoms with Gasteiger partial charge in [-0.1, -0.05) is 37.1 Å². The second-order valence-corrected chi connectivity index (χ2v) is 0. The van der Waals surface area contributed by atoms with E-state index in [4.69, 9.17) is 2.81 Å². The predicted octanol–water partition coefficient (Wildman–Crippen LogP) is 4.71. The minimum absolute atomic E-state index is 0. The average molecular weight is 288 g/mol. The van der Waals surface area contributed by atoms with E-state index in [0.717, 1.165) is 0 Å². The van der Waals surface area contributed by atoms with Crippen molar-refractivity contribution >= 4 is 24.8 Å². The molecule has 0 amide bonds. The summed E-state index contributed by atoms with van der Waals surface area (Å²) in [5, 5.41) is 0. The Kier molecular flexibility index (Phi) is 16000. The quantitative estimate of drug-likeness (QED) is 0.590. The first-order valence-corrected chi connectivity index (χ1v) is 1.71. The molecule has 0 aliphatic heterocycles. The van der Waals surface area contributed by atoms with Crippen molar-refractivity contribution in [1.82, 2.24) is 0 Å². The molecule has 0 fully saturated rings. The van der Waals surface area contributed by atoms with Gasteiger partial charge in [0.15, 0.2) is 0 Å². The molecule has 0 unspecified atom stereocenters. The average Bonchev–Trinajstić information content (AvgIpc) is 1.50. The van der Waals surface area contributed by atoms with E-state index in [1.165, 1.54) is 0 Å². The topological polar surface area (TPSA) is 17.1 Å². The first-order valence-electron chi connectivity index (χ1n) is 0.704. The standard InChI is InChI=1S/C2H4.5CH4.2ClH.O.Zr/c1-2;;;;;;;;;/h1-2H2;5*1H4;2*1H;;. The summed E-state index contributed by atoms with van der Waals surface area (Å²) in [5.74, 6) is 0. The molecule has 4 heteroatoms. The summed E-state index contributed by atoms with van der Waals surface area (Å²) in [6, 6.07) is 0. The van der Waals surface area contributed by atoms with Gasteiger partial charge in [0, 0.05) is 0 Å². The molecular formula is C7H26Cl2OZr.